The van der Waals surface area contributed by atoms with E-state index in [2.05, 4.69) is 5.32 Å². The molecule has 0 spiro atoms. The normalized spacial score (nSPS) is 12.1. The van der Waals surface area contributed by atoms with Gasteiger partial charge >= 0.3 is 0 Å². The first-order chi connectivity index (χ1) is 16.0. The Morgan fingerprint density at radius 2 is 1.82 bits per heavy atom. The number of carbonyl (C=O) groups is 2. The first-order valence-electron chi connectivity index (χ1n) is 11.1. The zero-order valence-electron chi connectivity index (χ0n) is 19.6. The second-order valence-corrected chi connectivity index (χ2v) is 10.4. The molecule has 0 radical (unpaired) electrons. The second-order valence-electron chi connectivity index (χ2n) is 8.03. The second kappa shape index (κ2) is 12.7. The molecule has 0 aromatic heterocycles. The lowest BCUT2D eigenvalue weighted by atomic mass is 10.1. The van der Waals surface area contributed by atoms with E-state index >= 15 is 0 Å². The Hall–Kier alpha value is -2.65. The van der Waals surface area contributed by atoms with Gasteiger partial charge in [0.05, 0.1) is 11.9 Å². The Labute approximate surface area is 205 Å². The lowest BCUT2D eigenvalue weighted by molar-refractivity contribution is -0.140. The van der Waals surface area contributed by atoms with Crippen LogP contribution in [0.2, 0.25) is 5.02 Å². The third kappa shape index (κ3) is 8.29. The molecular weight excluding hydrogens is 481 g/mol. The largest absolute Gasteiger partial charge is 0.354 e. The van der Waals surface area contributed by atoms with Crippen molar-refractivity contribution in [3.63, 3.8) is 0 Å². The molecule has 0 fully saturated rings. The predicted molar refractivity (Wildman–Crippen MR) is 133 cm³/mol. The van der Waals surface area contributed by atoms with Crippen LogP contribution < -0.4 is 9.62 Å². The number of sulfonamides is 1. The number of rotatable bonds is 12. The smallest absolute Gasteiger partial charge is 0.242 e. The Balaban J connectivity index is 2.14. The molecule has 0 aliphatic rings. The number of hydrogen-bond donors (Lipinski definition) is 1. The highest BCUT2D eigenvalue weighted by molar-refractivity contribution is 7.92. The van der Waals surface area contributed by atoms with Crippen molar-refractivity contribution in [2.75, 3.05) is 23.7 Å². The monoisotopic (exact) mass is 511 g/mol. The number of halogens is 2. The van der Waals surface area contributed by atoms with Gasteiger partial charge in [-0.05, 0) is 55.7 Å². The topological polar surface area (TPSA) is 86.8 Å². The highest BCUT2D eigenvalue weighted by Gasteiger charge is 2.26. The van der Waals surface area contributed by atoms with Crippen LogP contribution in [0, 0.1) is 5.82 Å². The summed E-state index contributed by atoms with van der Waals surface area (Å²) in [5.41, 5.74) is 1.10. The number of benzene rings is 2. The maximum atomic E-state index is 13.3. The van der Waals surface area contributed by atoms with E-state index in [0.29, 0.717) is 22.8 Å². The standard InChI is InChI=1S/C24H31ClFN3O4S/c1-4-14-27-24(31)18(2)28(17-19-10-12-21(26)13-11-19)23(30)9-6-15-29(34(3,32)33)22-8-5-7-20(25)16-22/h5,7-8,10-13,16,18H,4,6,9,14-15,17H2,1-3H3,(H,27,31)/t18-/m1/s1. The molecule has 2 aromatic carbocycles. The Bertz CT molecular complexity index is 1080. The maximum absolute atomic E-state index is 13.3. The number of anilines is 1. The predicted octanol–water partition coefficient (Wildman–Crippen LogP) is 3.97. The fourth-order valence-electron chi connectivity index (χ4n) is 3.40. The van der Waals surface area contributed by atoms with E-state index in [0.717, 1.165) is 12.7 Å². The Morgan fingerprint density at radius 1 is 1.15 bits per heavy atom. The van der Waals surface area contributed by atoms with Crippen LogP contribution in [-0.4, -0.2) is 50.5 Å². The van der Waals surface area contributed by atoms with Crippen molar-refractivity contribution in [2.24, 2.45) is 0 Å². The molecule has 0 aliphatic heterocycles. The van der Waals surface area contributed by atoms with Gasteiger partial charge in [-0.25, -0.2) is 12.8 Å². The van der Waals surface area contributed by atoms with Gasteiger partial charge in [-0.1, -0.05) is 36.7 Å². The van der Waals surface area contributed by atoms with Crippen LogP contribution in [0.4, 0.5) is 10.1 Å². The zero-order chi connectivity index (χ0) is 25.3. The van der Waals surface area contributed by atoms with E-state index < -0.39 is 21.9 Å². The minimum atomic E-state index is -3.60. The van der Waals surface area contributed by atoms with Gasteiger partial charge in [0.1, 0.15) is 11.9 Å². The van der Waals surface area contributed by atoms with Gasteiger partial charge in [0.2, 0.25) is 21.8 Å². The fraction of sp³-hybridized carbons (Fsp3) is 0.417. The van der Waals surface area contributed by atoms with E-state index in [4.69, 9.17) is 11.6 Å². The molecule has 0 heterocycles. The summed E-state index contributed by atoms with van der Waals surface area (Å²) in [5.74, 6) is -0.978. The average molecular weight is 512 g/mol. The third-order valence-electron chi connectivity index (χ3n) is 5.23. The maximum Gasteiger partial charge on any atom is 0.242 e. The highest BCUT2D eigenvalue weighted by Crippen LogP contribution is 2.22. The summed E-state index contributed by atoms with van der Waals surface area (Å²) in [6.45, 7) is 4.27. The number of amides is 2. The SMILES string of the molecule is CCCNC(=O)[C@@H](C)N(Cc1ccc(F)cc1)C(=O)CCCN(c1cccc(Cl)c1)S(C)(=O)=O. The first kappa shape index (κ1) is 27.6. The zero-order valence-corrected chi connectivity index (χ0v) is 21.2. The van der Waals surface area contributed by atoms with Crippen LogP contribution in [-0.2, 0) is 26.2 Å². The number of nitrogens with one attached hydrogen (secondary N) is 1. The molecule has 2 amide bonds. The fourth-order valence-corrected chi connectivity index (χ4v) is 4.54. The molecule has 34 heavy (non-hydrogen) atoms. The van der Waals surface area contributed by atoms with E-state index in [-0.39, 0.29) is 37.7 Å². The third-order valence-corrected chi connectivity index (χ3v) is 6.66. The van der Waals surface area contributed by atoms with E-state index in [1.165, 1.54) is 21.3 Å². The molecule has 0 saturated heterocycles. The van der Waals surface area contributed by atoms with Gasteiger partial charge in [-0.15, -0.1) is 0 Å². The average Bonchev–Trinajstić information content (AvgIpc) is 2.78. The van der Waals surface area contributed by atoms with Gasteiger partial charge < -0.3 is 10.2 Å². The molecule has 7 nitrogen and oxygen atoms in total. The van der Waals surface area contributed by atoms with Gasteiger partial charge in [0, 0.05) is 31.1 Å². The molecule has 10 heteroatoms. The number of nitrogens with zero attached hydrogens (tertiary/aromatic N) is 2. The van der Waals surface area contributed by atoms with Crippen molar-refractivity contribution in [1.82, 2.24) is 10.2 Å². The molecule has 2 aromatic rings. The van der Waals surface area contributed by atoms with Crippen LogP contribution in [0.5, 0.6) is 0 Å². The molecule has 0 saturated carbocycles. The van der Waals surface area contributed by atoms with E-state index in [9.17, 15) is 22.4 Å². The van der Waals surface area contributed by atoms with Crippen LogP contribution in [0.3, 0.4) is 0 Å². The van der Waals surface area contributed by atoms with Crippen molar-refractivity contribution < 1.29 is 22.4 Å². The molecule has 0 unspecified atom stereocenters. The minimum Gasteiger partial charge on any atom is -0.354 e. The summed E-state index contributed by atoms with van der Waals surface area (Å²) in [6, 6.07) is 11.5. The van der Waals surface area contributed by atoms with Gasteiger partial charge in [-0.2, -0.15) is 0 Å². The molecule has 2 rings (SSSR count). The molecule has 1 N–H and O–H groups in total. The summed E-state index contributed by atoms with van der Waals surface area (Å²) >= 11 is 6.01. The Morgan fingerprint density at radius 3 is 2.41 bits per heavy atom. The van der Waals surface area contributed by atoms with Gasteiger partial charge in [-0.3, -0.25) is 13.9 Å². The summed E-state index contributed by atoms with van der Waals surface area (Å²) in [4.78, 5) is 27.1. The van der Waals surface area contributed by atoms with Crippen LogP contribution in [0.15, 0.2) is 48.5 Å². The van der Waals surface area contributed by atoms with Crippen molar-refractivity contribution >= 4 is 39.1 Å². The number of carbonyl (C=O) groups excluding carboxylic acids is 2. The first-order valence-corrected chi connectivity index (χ1v) is 13.3. The van der Waals surface area contributed by atoms with Crippen LogP contribution in [0.25, 0.3) is 0 Å². The van der Waals surface area contributed by atoms with Gasteiger partial charge in [0.25, 0.3) is 0 Å². The van der Waals surface area contributed by atoms with Crippen LogP contribution >= 0.6 is 11.6 Å². The molecular formula is C24H31ClFN3O4S. The quantitative estimate of drug-likeness (QED) is 0.467. The van der Waals surface area contributed by atoms with Crippen LogP contribution in [0.1, 0.15) is 38.7 Å². The van der Waals surface area contributed by atoms with Gasteiger partial charge in [0.15, 0.2) is 0 Å². The molecule has 1 atom stereocenters. The lowest BCUT2D eigenvalue weighted by Crippen LogP contribution is -2.47. The molecule has 186 valence electrons. The molecule has 0 aliphatic carbocycles. The molecule has 0 bridgehead atoms. The van der Waals surface area contributed by atoms with Crippen molar-refractivity contribution in [2.45, 2.75) is 45.7 Å². The van der Waals surface area contributed by atoms with E-state index in [1.807, 2.05) is 6.92 Å². The van der Waals surface area contributed by atoms with Crippen molar-refractivity contribution in [1.29, 1.82) is 0 Å². The summed E-state index contributed by atoms with van der Waals surface area (Å²) in [6.07, 6.45) is 2.12. The summed E-state index contributed by atoms with van der Waals surface area (Å²) < 4.78 is 39.2. The van der Waals surface area contributed by atoms with Crippen molar-refractivity contribution in [3.8, 4) is 0 Å². The summed E-state index contributed by atoms with van der Waals surface area (Å²) in [5, 5.41) is 3.19. The minimum absolute atomic E-state index is 0.0270. The summed E-state index contributed by atoms with van der Waals surface area (Å²) in [7, 11) is -3.60. The lowest BCUT2D eigenvalue weighted by Gasteiger charge is -2.29. The van der Waals surface area contributed by atoms with Crippen molar-refractivity contribution in [3.05, 3.63) is 64.9 Å². The van der Waals surface area contributed by atoms with E-state index in [1.54, 1.807) is 43.3 Å². The highest BCUT2D eigenvalue weighted by atomic mass is 35.5. The number of hydrogen-bond acceptors (Lipinski definition) is 4. The Kier molecular flexibility index (Phi) is 10.3.